The molecular weight excluding hydrogens is 344 g/mol. The van der Waals surface area contributed by atoms with Gasteiger partial charge in [-0.1, -0.05) is 72.8 Å². The number of rotatable bonds is 4. The fourth-order valence-corrected chi connectivity index (χ4v) is 4.15. The van der Waals surface area contributed by atoms with Crippen molar-refractivity contribution in [1.82, 2.24) is 0 Å². The van der Waals surface area contributed by atoms with Crippen LogP contribution in [0.3, 0.4) is 0 Å². The normalized spacial score (nSPS) is 11.2. The first-order chi connectivity index (χ1) is 13.2. The standard InChI is InChI=1S/C26H22S/c1-19-17-26(22-11-7-4-8-12-22)23(14-16-24-15-13-20(2)27-24)18-25(19)21-9-5-3-6-10-21/h3-18H,1-2H3. The van der Waals surface area contributed by atoms with E-state index in [4.69, 9.17) is 0 Å². The Hall–Kier alpha value is -2.90. The highest BCUT2D eigenvalue weighted by molar-refractivity contribution is 7.12. The molecule has 1 heteroatoms. The Kier molecular flexibility index (Phi) is 5.04. The van der Waals surface area contributed by atoms with Gasteiger partial charge in [0.1, 0.15) is 0 Å². The van der Waals surface area contributed by atoms with Gasteiger partial charge in [0.15, 0.2) is 0 Å². The largest absolute Gasteiger partial charge is 0.141 e. The Morgan fingerprint density at radius 2 is 1.26 bits per heavy atom. The Balaban J connectivity index is 1.85. The molecule has 0 bridgehead atoms. The van der Waals surface area contributed by atoms with Crippen molar-refractivity contribution in [3.63, 3.8) is 0 Å². The third-order valence-electron chi connectivity index (χ3n) is 4.75. The SMILES string of the molecule is Cc1ccc(C=Cc2cc(-c3ccccc3)c(C)cc2-c2ccccc2)s1. The number of thiophene rings is 1. The number of aryl methyl sites for hydroxylation is 2. The summed E-state index contributed by atoms with van der Waals surface area (Å²) in [4.78, 5) is 2.63. The van der Waals surface area contributed by atoms with E-state index in [1.54, 1.807) is 0 Å². The van der Waals surface area contributed by atoms with Crippen LogP contribution in [0.2, 0.25) is 0 Å². The van der Waals surface area contributed by atoms with Crippen molar-refractivity contribution in [2.75, 3.05) is 0 Å². The van der Waals surface area contributed by atoms with Crippen molar-refractivity contribution in [1.29, 1.82) is 0 Å². The molecule has 0 nitrogen and oxygen atoms in total. The molecule has 132 valence electrons. The van der Waals surface area contributed by atoms with Gasteiger partial charge in [-0.25, -0.2) is 0 Å². The van der Waals surface area contributed by atoms with E-state index in [9.17, 15) is 0 Å². The molecule has 0 unspecified atom stereocenters. The van der Waals surface area contributed by atoms with Crippen LogP contribution in [0.4, 0.5) is 0 Å². The minimum absolute atomic E-state index is 1.25. The minimum Gasteiger partial charge on any atom is -0.141 e. The fraction of sp³-hybridized carbons (Fsp3) is 0.0769. The lowest BCUT2D eigenvalue weighted by molar-refractivity contribution is 1.44. The van der Waals surface area contributed by atoms with Gasteiger partial charge < -0.3 is 0 Å². The molecule has 0 saturated heterocycles. The summed E-state index contributed by atoms with van der Waals surface area (Å²) in [7, 11) is 0. The molecule has 0 fully saturated rings. The first-order valence-corrected chi connectivity index (χ1v) is 10.0. The zero-order valence-electron chi connectivity index (χ0n) is 15.6. The average Bonchev–Trinajstić information content (AvgIpc) is 3.13. The van der Waals surface area contributed by atoms with Crippen molar-refractivity contribution in [3.05, 3.63) is 106 Å². The van der Waals surface area contributed by atoms with Crippen LogP contribution < -0.4 is 0 Å². The highest BCUT2D eigenvalue weighted by Crippen LogP contribution is 2.33. The second-order valence-corrected chi connectivity index (χ2v) is 8.09. The second-order valence-electron chi connectivity index (χ2n) is 6.77. The highest BCUT2D eigenvalue weighted by Gasteiger charge is 2.09. The summed E-state index contributed by atoms with van der Waals surface area (Å²) in [6, 6.07) is 30.3. The molecule has 0 atom stereocenters. The molecule has 27 heavy (non-hydrogen) atoms. The Labute approximate surface area is 165 Å². The monoisotopic (exact) mass is 366 g/mol. The number of hydrogen-bond acceptors (Lipinski definition) is 1. The fourth-order valence-electron chi connectivity index (χ4n) is 3.37. The molecule has 0 aliphatic carbocycles. The highest BCUT2D eigenvalue weighted by atomic mass is 32.1. The molecule has 1 aromatic heterocycles. The zero-order valence-corrected chi connectivity index (χ0v) is 16.5. The van der Waals surface area contributed by atoms with Crippen LogP contribution >= 0.6 is 11.3 Å². The van der Waals surface area contributed by atoms with E-state index in [2.05, 4.69) is 111 Å². The van der Waals surface area contributed by atoms with E-state index in [0.717, 1.165) is 0 Å². The van der Waals surface area contributed by atoms with Gasteiger partial charge >= 0.3 is 0 Å². The first-order valence-electron chi connectivity index (χ1n) is 9.21. The Bertz CT molecular complexity index is 1070. The summed E-state index contributed by atoms with van der Waals surface area (Å²) in [6.45, 7) is 4.35. The van der Waals surface area contributed by atoms with Crippen LogP contribution in [-0.2, 0) is 0 Å². The summed E-state index contributed by atoms with van der Waals surface area (Å²) >= 11 is 1.83. The molecule has 0 aliphatic heterocycles. The van der Waals surface area contributed by atoms with E-state index >= 15 is 0 Å². The maximum absolute atomic E-state index is 2.32. The summed E-state index contributed by atoms with van der Waals surface area (Å²) in [5, 5.41) is 0. The van der Waals surface area contributed by atoms with E-state index < -0.39 is 0 Å². The second kappa shape index (κ2) is 7.77. The molecule has 0 spiro atoms. The lowest BCUT2D eigenvalue weighted by Gasteiger charge is -2.13. The Morgan fingerprint density at radius 1 is 0.630 bits per heavy atom. The topological polar surface area (TPSA) is 0 Å². The smallest absolute Gasteiger partial charge is 0.0273 e. The Morgan fingerprint density at radius 3 is 1.85 bits per heavy atom. The molecule has 0 radical (unpaired) electrons. The predicted octanol–water partition coefficient (Wildman–Crippen LogP) is 7.87. The van der Waals surface area contributed by atoms with Gasteiger partial charge in [0.2, 0.25) is 0 Å². The average molecular weight is 367 g/mol. The van der Waals surface area contributed by atoms with Crippen LogP contribution in [0.15, 0.2) is 84.9 Å². The molecule has 3 aromatic carbocycles. The van der Waals surface area contributed by atoms with Gasteiger partial charge in [-0.15, -0.1) is 11.3 Å². The van der Waals surface area contributed by atoms with E-state index in [0.29, 0.717) is 0 Å². The third-order valence-corrected chi connectivity index (χ3v) is 5.72. The van der Waals surface area contributed by atoms with Crippen molar-refractivity contribution in [2.45, 2.75) is 13.8 Å². The van der Waals surface area contributed by atoms with Crippen molar-refractivity contribution in [3.8, 4) is 22.3 Å². The van der Waals surface area contributed by atoms with Crippen molar-refractivity contribution >= 4 is 23.5 Å². The predicted molar refractivity (Wildman–Crippen MR) is 120 cm³/mol. The summed E-state index contributed by atoms with van der Waals surface area (Å²) in [6.07, 6.45) is 4.48. The van der Waals surface area contributed by atoms with Gasteiger partial charge in [0.05, 0.1) is 0 Å². The van der Waals surface area contributed by atoms with E-state index in [1.165, 1.54) is 43.1 Å². The van der Waals surface area contributed by atoms with Gasteiger partial charge in [-0.3, -0.25) is 0 Å². The lowest BCUT2D eigenvalue weighted by atomic mass is 9.91. The zero-order chi connectivity index (χ0) is 18.6. The van der Waals surface area contributed by atoms with Crippen LogP contribution in [0.1, 0.15) is 20.9 Å². The van der Waals surface area contributed by atoms with Crippen LogP contribution in [-0.4, -0.2) is 0 Å². The van der Waals surface area contributed by atoms with Crippen LogP contribution in [0.5, 0.6) is 0 Å². The van der Waals surface area contributed by atoms with Gasteiger partial charge in [-0.05, 0) is 71.5 Å². The third kappa shape index (κ3) is 3.94. The molecule has 0 saturated carbocycles. The van der Waals surface area contributed by atoms with Crippen LogP contribution in [0.25, 0.3) is 34.4 Å². The summed E-state index contributed by atoms with van der Waals surface area (Å²) in [5.74, 6) is 0. The summed E-state index contributed by atoms with van der Waals surface area (Å²) in [5.41, 5.74) is 7.62. The molecule has 0 aliphatic rings. The number of benzene rings is 3. The maximum Gasteiger partial charge on any atom is 0.0273 e. The molecule has 4 aromatic rings. The quantitative estimate of drug-likeness (QED) is 0.345. The summed E-state index contributed by atoms with van der Waals surface area (Å²) < 4.78 is 0. The van der Waals surface area contributed by atoms with Gasteiger partial charge in [0, 0.05) is 9.75 Å². The minimum atomic E-state index is 1.25. The molecular formula is C26H22S. The molecule has 4 rings (SSSR count). The first kappa shape index (κ1) is 17.5. The van der Waals surface area contributed by atoms with E-state index in [-0.39, 0.29) is 0 Å². The maximum atomic E-state index is 2.32. The van der Waals surface area contributed by atoms with E-state index in [1.807, 2.05) is 11.3 Å². The number of hydrogen-bond donors (Lipinski definition) is 0. The van der Waals surface area contributed by atoms with Gasteiger partial charge in [0.25, 0.3) is 0 Å². The van der Waals surface area contributed by atoms with Gasteiger partial charge in [-0.2, -0.15) is 0 Å². The lowest BCUT2D eigenvalue weighted by Crippen LogP contribution is -1.90. The van der Waals surface area contributed by atoms with Crippen molar-refractivity contribution < 1.29 is 0 Å². The molecule has 1 heterocycles. The van der Waals surface area contributed by atoms with Crippen molar-refractivity contribution in [2.24, 2.45) is 0 Å². The molecule has 0 amide bonds. The molecule has 0 N–H and O–H groups in total. The van der Waals surface area contributed by atoms with Crippen LogP contribution in [0, 0.1) is 13.8 Å².